The molecule has 4 rings (SSSR count). The zero-order valence-electron chi connectivity index (χ0n) is 17.4. The van der Waals surface area contributed by atoms with Crippen LogP contribution in [-0.4, -0.2) is 57.9 Å². The SMILES string of the molecule is CCOc1ccc(S(=O)(=O)Nc2cccc(C(=O)N3CCC4(CC3)OCCO4)c2)cc1. The smallest absolute Gasteiger partial charge is 0.261 e. The Kier molecular flexibility index (Phi) is 6.17. The van der Waals surface area contributed by atoms with Gasteiger partial charge in [0.2, 0.25) is 0 Å². The number of amides is 1. The summed E-state index contributed by atoms with van der Waals surface area (Å²) in [6.07, 6.45) is 1.26. The molecule has 2 heterocycles. The number of rotatable bonds is 6. The fraction of sp³-hybridized carbons (Fsp3) is 0.409. The van der Waals surface area contributed by atoms with E-state index < -0.39 is 15.8 Å². The zero-order valence-corrected chi connectivity index (χ0v) is 18.2. The minimum atomic E-state index is -3.79. The number of piperidine rings is 1. The second-order valence-corrected chi connectivity index (χ2v) is 9.17. The van der Waals surface area contributed by atoms with Crippen LogP contribution in [0, 0.1) is 0 Å². The average Bonchev–Trinajstić information content (AvgIpc) is 3.22. The number of anilines is 1. The van der Waals surface area contributed by atoms with Gasteiger partial charge in [-0.05, 0) is 49.4 Å². The van der Waals surface area contributed by atoms with Crippen LogP contribution in [0.15, 0.2) is 53.4 Å². The molecule has 9 heteroatoms. The van der Waals surface area contributed by atoms with Gasteiger partial charge in [0, 0.05) is 37.2 Å². The largest absolute Gasteiger partial charge is 0.494 e. The average molecular weight is 447 g/mol. The van der Waals surface area contributed by atoms with E-state index in [2.05, 4.69) is 4.72 Å². The van der Waals surface area contributed by atoms with Gasteiger partial charge in [0.1, 0.15) is 5.75 Å². The predicted octanol–water partition coefficient (Wildman–Crippen LogP) is 2.87. The van der Waals surface area contributed by atoms with E-state index in [4.69, 9.17) is 14.2 Å². The van der Waals surface area contributed by atoms with Crippen molar-refractivity contribution in [3.05, 3.63) is 54.1 Å². The topological polar surface area (TPSA) is 94.2 Å². The lowest BCUT2D eigenvalue weighted by molar-refractivity contribution is -0.181. The first kappa shape index (κ1) is 21.6. The van der Waals surface area contributed by atoms with E-state index >= 15 is 0 Å². The van der Waals surface area contributed by atoms with Crippen LogP contribution in [0.25, 0.3) is 0 Å². The molecule has 1 amide bonds. The highest BCUT2D eigenvalue weighted by atomic mass is 32.2. The molecule has 0 aromatic heterocycles. The highest BCUT2D eigenvalue weighted by Gasteiger charge is 2.40. The summed E-state index contributed by atoms with van der Waals surface area (Å²) >= 11 is 0. The summed E-state index contributed by atoms with van der Waals surface area (Å²) in [5.74, 6) is -0.0906. The second kappa shape index (κ2) is 8.86. The summed E-state index contributed by atoms with van der Waals surface area (Å²) in [5.41, 5.74) is 0.756. The molecule has 2 aliphatic rings. The lowest BCUT2D eigenvalue weighted by Gasteiger charge is -2.37. The molecular weight excluding hydrogens is 420 g/mol. The normalized spacial score (nSPS) is 18.2. The molecule has 0 aliphatic carbocycles. The molecule has 1 N–H and O–H groups in total. The third-order valence-corrected chi connectivity index (χ3v) is 6.83. The van der Waals surface area contributed by atoms with Crippen LogP contribution in [0.4, 0.5) is 5.69 Å². The molecule has 0 bridgehead atoms. The van der Waals surface area contributed by atoms with Crippen LogP contribution in [-0.2, 0) is 19.5 Å². The highest BCUT2D eigenvalue weighted by molar-refractivity contribution is 7.92. The third-order valence-electron chi connectivity index (χ3n) is 5.43. The molecule has 0 radical (unpaired) electrons. The van der Waals surface area contributed by atoms with Crippen molar-refractivity contribution in [1.29, 1.82) is 0 Å². The molecule has 8 nitrogen and oxygen atoms in total. The number of carbonyl (C=O) groups is 1. The quantitative estimate of drug-likeness (QED) is 0.733. The summed E-state index contributed by atoms with van der Waals surface area (Å²) < 4.78 is 44.8. The Labute approximate surface area is 182 Å². The Morgan fingerprint density at radius 1 is 1.10 bits per heavy atom. The Balaban J connectivity index is 1.43. The molecule has 0 saturated carbocycles. The number of ether oxygens (including phenoxy) is 3. The minimum absolute atomic E-state index is 0.116. The van der Waals surface area contributed by atoms with E-state index in [0.717, 1.165) is 0 Å². The number of likely N-dealkylation sites (tertiary alicyclic amines) is 1. The zero-order chi connectivity index (χ0) is 21.9. The summed E-state index contributed by atoms with van der Waals surface area (Å²) in [4.78, 5) is 14.8. The summed E-state index contributed by atoms with van der Waals surface area (Å²) in [7, 11) is -3.79. The first-order valence-electron chi connectivity index (χ1n) is 10.3. The van der Waals surface area contributed by atoms with Crippen molar-refractivity contribution in [1.82, 2.24) is 4.90 Å². The predicted molar refractivity (Wildman–Crippen MR) is 115 cm³/mol. The van der Waals surface area contributed by atoms with Crippen LogP contribution < -0.4 is 9.46 Å². The van der Waals surface area contributed by atoms with E-state index in [0.29, 0.717) is 62.8 Å². The number of carbonyl (C=O) groups excluding carboxylic acids is 1. The number of hydrogen-bond donors (Lipinski definition) is 1. The lowest BCUT2D eigenvalue weighted by atomic mass is 10.0. The van der Waals surface area contributed by atoms with Crippen molar-refractivity contribution >= 4 is 21.6 Å². The summed E-state index contributed by atoms with van der Waals surface area (Å²) in [5, 5.41) is 0. The standard InChI is InChI=1S/C22H26N2O6S/c1-2-28-19-6-8-20(9-7-19)31(26,27)23-18-5-3-4-17(16-18)21(25)24-12-10-22(11-13-24)29-14-15-30-22/h3-9,16,23H,2,10-15H2,1H3. The highest BCUT2D eigenvalue weighted by Crippen LogP contribution is 2.32. The van der Waals surface area contributed by atoms with Gasteiger partial charge in [0.25, 0.3) is 15.9 Å². The molecule has 166 valence electrons. The monoisotopic (exact) mass is 446 g/mol. The fourth-order valence-electron chi connectivity index (χ4n) is 3.83. The molecule has 2 aliphatic heterocycles. The van der Waals surface area contributed by atoms with E-state index in [9.17, 15) is 13.2 Å². The Bertz CT molecular complexity index is 1020. The Morgan fingerprint density at radius 3 is 2.42 bits per heavy atom. The molecule has 2 saturated heterocycles. The first-order chi connectivity index (χ1) is 14.9. The number of nitrogens with one attached hydrogen (secondary N) is 1. The van der Waals surface area contributed by atoms with Crippen LogP contribution in [0.1, 0.15) is 30.1 Å². The van der Waals surface area contributed by atoms with Crippen molar-refractivity contribution in [2.24, 2.45) is 0 Å². The lowest BCUT2D eigenvalue weighted by Crippen LogP contribution is -2.47. The number of sulfonamides is 1. The van der Waals surface area contributed by atoms with Gasteiger partial charge in [-0.1, -0.05) is 6.07 Å². The van der Waals surface area contributed by atoms with Crippen molar-refractivity contribution in [2.45, 2.75) is 30.4 Å². The van der Waals surface area contributed by atoms with E-state index in [1.807, 2.05) is 6.92 Å². The molecule has 2 aromatic rings. The van der Waals surface area contributed by atoms with Crippen molar-refractivity contribution < 1.29 is 27.4 Å². The van der Waals surface area contributed by atoms with Crippen LogP contribution in [0.5, 0.6) is 5.75 Å². The fourth-order valence-corrected chi connectivity index (χ4v) is 4.88. The van der Waals surface area contributed by atoms with Gasteiger partial charge in [-0.3, -0.25) is 9.52 Å². The van der Waals surface area contributed by atoms with Gasteiger partial charge in [0.05, 0.1) is 24.7 Å². The van der Waals surface area contributed by atoms with E-state index in [1.54, 1.807) is 41.3 Å². The number of nitrogens with zero attached hydrogens (tertiary/aromatic N) is 1. The number of benzene rings is 2. The molecule has 0 atom stereocenters. The molecular formula is C22H26N2O6S. The van der Waals surface area contributed by atoms with Gasteiger partial charge in [-0.2, -0.15) is 0 Å². The van der Waals surface area contributed by atoms with Crippen molar-refractivity contribution in [3.63, 3.8) is 0 Å². The Hall–Kier alpha value is -2.62. The third kappa shape index (κ3) is 4.84. The van der Waals surface area contributed by atoms with Gasteiger partial charge >= 0.3 is 0 Å². The van der Waals surface area contributed by atoms with Gasteiger partial charge in [0.15, 0.2) is 5.79 Å². The second-order valence-electron chi connectivity index (χ2n) is 7.49. The first-order valence-corrected chi connectivity index (χ1v) is 11.8. The van der Waals surface area contributed by atoms with E-state index in [1.165, 1.54) is 12.1 Å². The van der Waals surface area contributed by atoms with Crippen LogP contribution >= 0.6 is 0 Å². The van der Waals surface area contributed by atoms with Crippen LogP contribution in [0.3, 0.4) is 0 Å². The van der Waals surface area contributed by atoms with Crippen molar-refractivity contribution in [2.75, 3.05) is 37.6 Å². The van der Waals surface area contributed by atoms with Gasteiger partial charge in [-0.15, -0.1) is 0 Å². The summed E-state index contributed by atoms with van der Waals surface area (Å²) in [6.45, 7) is 4.60. The molecule has 31 heavy (non-hydrogen) atoms. The van der Waals surface area contributed by atoms with Crippen molar-refractivity contribution in [3.8, 4) is 5.75 Å². The maximum absolute atomic E-state index is 12.9. The molecule has 2 aromatic carbocycles. The Morgan fingerprint density at radius 2 is 1.77 bits per heavy atom. The molecule has 0 unspecified atom stereocenters. The maximum atomic E-state index is 12.9. The van der Waals surface area contributed by atoms with Gasteiger partial charge < -0.3 is 19.1 Å². The number of hydrogen-bond acceptors (Lipinski definition) is 6. The van der Waals surface area contributed by atoms with E-state index in [-0.39, 0.29) is 10.8 Å². The minimum Gasteiger partial charge on any atom is -0.494 e. The van der Waals surface area contributed by atoms with Crippen LogP contribution in [0.2, 0.25) is 0 Å². The maximum Gasteiger partial charge on any atom is 0.261 e. The van der Waals surface area contributed by atoms with Gasteiger partial charge in [-0.25, -0.2) is 8.42 Å². The molecule has 1 spiro atoms. The summed E-state index contributed by atoms with van der Waals surface area (Å²) in [6, 6.07) is 12.7. The molecule has 2 fully saturated rings.